The maximum Gasteiger partial charge on any atom is 0.407 e. The molecule has 3 nitrogen and oxygen atoms in total. The van der Waals surface area contributed by atoms with Crippen LogP contribution in [0.15, 0.2) is 30.3 Å². The highest BCUT2D eigenvalue weighted by atomic mass is 16.5. The maximum atomic E-state index is 11.8. The third-order valence-electron chi connectivity index (χ3n) is 3.09. The van der Waals surface area contributed by atoms with E-state index >= 15 is 0 Å². The van der Waals surface area contributed by atoms with Crippen LogP contribution in [0.5, 0.6) is 0 Å². The normalized spacial score (nSPS) is 13.2. The van der Waals surface area contributed by atoms with Gasteiger partial charge >= 0.3 is 6.09 Å². The predicted molar refractivity (Wildman–Crippen MR) is 77.8 cm³/mol. The first kappa shape index (κ1) is 15.5. The Kier molecular flexibility index (Phi) is 5.40. The van der Waals surface area contributed by atoms with E-state index in [1.807, 2.05) is 30.3 Å². The molecule has 3 heteroatoms. The minimum absolute atomic E-state index is 0.0138. The standard InChI is InChI=1S/C16H25NO2/c1-12(2)14(16(3,4)5)17-15(18)19-11-13-9-7-6-8-10-13/h6-10,12,14H,11H2,1-5H3,(H,17,18)/t14-/m0/s1. The second-order valence-corrected chi connectivity index (χ2v) is 6.29. The number of carbonyl (C=O) groups excluding carboxylic acids is 1. The van der Waals surface area contributed by atoms with Gasteiger partial charge in [-0.15, -0.1) is 0 Å². The van der Waals surface area contributed by atoms with Crippen LogP contribution in [0, 0.1) is 11.3 Å². The molecule has 0 radical (unpaired) electrons. The molecule has 1 aromatic carbocycles. The molecular formula is C16H25NO2. The number of hydrogen-bond donors (Lipinski definition) is 1. The largest absolute Gasteiger partial charge is 0.445 e. The SMILES string of the molecule is CC(C)[C@H](NC(=O)OCc1ccccc1)C(C)(C)C. The highest BCUT2D eigenvalue weighted by Crippen LogP contribution is 2.25. The van der Waals surface area contributed by atoms with Crippen molar-refractivity contribution in [2.45, 2.75) is 47.3 Å². The van der Waals surface area contributed by atoms with Crippen LogP contribution in [0.4, 0.5) is 4.79 Å². The average Bonchev–Trinajstić information content (AvgIpc) is 2.33. The lowest BCUT2D eigenvalue weighted by Gasteiger charge is -2.34. The summed E-state index contributed by atoms with van der Waals surface area (Å²) < 4.78 is 5.25. The number of hydrogen-bond acceptors (Lipinski definition) is 2. The van der Waals surface area contributed by atoms with E-state index in [-0.39, 0.29) is 17.6 Å². The molecule has 0 fully saturated rings. The Morgan fingerprint density at radius 1 is 1.21 bits per heavy atom. The lowest BCUT2D eigenvalue weighted by molar-refractivity contribution is 0.118. The molecule has 19 heavy (non-hydrogen) atoms. The Morgan fingerprint density at radius 3 is 2.26 bits per heavy atom. The first-order valence-electron chi connectivity index (χ1n) is 6.78. The van der Waals surface area contributed by atoms with Gasteiger partial charge < -0.3 is 10.1 Å². The van der Waals surface area contributed by atoms with Gasteiger partial charge in [0, 0.05) is 6.04 Å². The smallest absolute Gasteiger partial charge is 0.407 e. The zero-order valence-corrected chi connectivity index (χ0v) is 12.6. The summed E-state index contributed by atoms with van der Waals surface area (Å²) in [6.07, 6.45) is -0.350. The average molecular weight is 263 g/mol. The molecule has 0 saturated heterocycles. The molecule has 1 amide bonds. The molecule has 0 aliphatic carbocycles. The zero-order chi connectivity index (χ0) is 14.5. The van der Waals surface area contributed by atoms with Gasteiger partial charge in [-0.2, -0.15) is 0 Å². The summed E-state index contributed by atoms with van der Waals surface area (Å²) in [6, 6.07) is 9.79. The molecule has 1 N–H and O–H groups in total. The predicted octanol–water partition coefficient (Wildman–Crippen LogP) is 3.98. The van der Waals surface area contributed by atoms with Gasteiger partial charge in [0.1, 0.15) is 6.61 Å². The molecule has 0 bridgehead atoms. The fourth-order valence-electron chi connectivity index (χ4n) is 2.27. The summed E-state index contributed by atoms with van der Waals surface area (Å²) >= 11 is 0. The molecule has 0 saturated carbocycles. The monoisotopic (exact) mass is 263 g/mol. The first-order chi connectivity index (χ1) is 8.80. The second kappa shape index (κ2) is 6.60. The van der Waals surface area contributed by atoms with Crippen molar-refractivity contribution < 1.29 is 9.53 Å². The lowest BCUT2D eigenvalue weighted by Crippen LogP contribution is -2.47. The van der Waals surface area contributed by atoms with E-state index in [0.717, 1.165) is 5.56 Å². The zero-order valence-electron chi connectivity index (χ0n) is 12.6. The number of carbonyl (C=O) groups is 1. The van der Waals surface area contributed by atoms with Crippen molar-refractivity contribution in [1.29, 1.82) is 0 Å². The van der Waals surface area contributed by atoms with Crippen molar-refractivity contribution in [3.8, 4) is 0 Å². The second-order valence-electron chi connectivity index (χ2n) is 6.29. The topological polar surface area (TPSA) is 38.3 Å². The van der Waals surface area contributed by atoms with Gasteiger partial charge in [-0.25, -0.2) is 4.79 Å². The summed E-state index contributed by atoms with van der Waals surface area (Å²) in [4.78, 5) is 11.8. The Hall–Kier alpha value is -1.51. The minimum atomic E-state index is -0.350. The van der Waals surface area contributed by atoms with Gasteiger partial charge in [-0.05, 0) is 16.9 Å². The third-order valence-corrected chi connectivity index (χ3v) is 3.09. The molecule has 0 heterocycles. The van der Waals surface area contributed by atoms with Gasteiger partial charge in [0.05, 0.1) is 0 Å². The van der Waals surface area contributed by atoms with Crippen LogP contribution in [0.25, 0.3) is 0 Å². The molecule has 1 rings (SSSR count). The van der Waals surface area contributed by atoms with Gasteiger partial charge in [-0.3, -0.25) is 0 Å². The molecule has 1 aromatic rings. The Labute approximate surface area is 116 Å². The van der Waals surface area contributed by atoms with Crippen LogP contribution in [-0.4, -0.2) is 12.1 Å². The van der Waals surface area contributed by atoms with Crippen molar-refractivity contribution >= 4 is 6.09 Å². The number of benzene rings is 1. The maximum absolute atomic E-state index is 11.8. The van der Waals surface area contributed by atoms with Crippen LogP contribution in [-0.2, 0) is 11.3 Å². The van der Waals surface area contributed by atoms with Crippen molar-refractivity contribution in [3.63, 3.8) is 0 Å². The van der Waals surface area contributed by atoms with E-state index in [2.05, 4.69) is 39.9 Å². The molecule has 0 unspecified atom stereocenters. The molecule has 1 atom stereocenters. The van der Waals surface area contributed by atoms with E-state index < -0.39 is 0 Å². The van der Waals surface area contributed by atoms with E-state index in [1.165, 1.54) is 0 Å². The summed E-state index contributed by atoms with van der Waals surface area (Å²) in [5.74, 6) is 0.365. The lowest BCUT2D eigenvalue weighted by atomic mass is 9.80. The summed E-state index contributed by atoms with van der Waals surface area (Å²) in [6.45, 7) is 10.9. The van der Waals surface area contributed by atoms with E-state index in [0.29, 0.717) is 12.5 Å². The highest BCUT2D eigenvalue weighted by molar-refractivity contribution is 5.67. The molecule has 0 aliphatic heterocycles. The summed E-state index contributed by atoms with van der Waals surface area (Å²) in [5.41, 5.74) is 1.01. The van der Waals surface area contributed by atoms with Gasteiger partial charge in [-0.1, -0.05) is 65.0 Å². The first-order valence-corrected chi connectivity index (χ1v) is 6.78. The molecule has 106 valence electrons. The molecular weight excluding hydrogens is 238 g/mol. The van der Waals surface area contributed by atoms with Crippen molar-refractivity contribution in [1.82, 2.24) is 5.32 Å². The van der Waals surface area contributed by atoms with Crippen LogP contribution in [0.1, 0.15) is 40.2 Å². The van der Waals surface area contributed by atoms with Gasteiger partial charge in [0.15, 0.2) is 0 Å². The van der Waals surface area contributed by atoms with Gasteiger partial charge in [0.2, 0.25) is 0 Å². The Bertz CT molecular complexity index is 393. The molecule has 0 aliphatic rings. The van der Waals surface area contributed by atoms with E-state index in [1.54, 1.807) is 0 Å². The van der Waals surface area contributed by atoms with Crippen LogP contribution >= 0.6 is 0 Å². The van der Waals surface area contributed by atoms with Gasteiger partial charge in [0.25, 0.3) is 0 Å². The number of ether oxygens (including phenoxy) is 1. The van der Waals surface area contributed by atoms with Crippen LogP contribution in [0.2, 0.25) is 0 Å². The number of nitrogens with one attached hydrogen (secondary N) is 1. The number of rotatable bonds is 4. The summed E-state index contributed by atoms with van der Waals surface area (Å²) in [5, 5.41) is 2.97. The number of amides is 1. The number of alkyl carbamates (subject to hydrolysis) is 1. The third kappa shape index (κ3) is 5.33. The molecule has 0 spiro atoms. The minimum Gasteiger partial charge on any atom is -0.445 e. The quantitative estimate of drug-likeness (QED) is 0.892. The van der Waals surface area contributed by atoms with Crippen molar-refractivity contribution in [2.24, 2.45) is 11.3 Å². The van der Waals surface area contributed by atoms with E-state index in [9.17, 15) is 4.79 Å². The van der Waals surface area contributed by atoms with Crippen molar-refractivity contribution in [2.75, 3.05) is 0 Å². The van der Waals surface area contributed by atoms with Crippen LogP contribution in [0.3, 0.4) is 0 Å². The van der Waals surface area contributed by atoms with Crippen molar-refractivity contribution in [3.05, 3.63) is 35.9 Å². The Balaban J connectivity index is 2.50. The van der Waals surface area contributed by atoms with E-state index in [4.69, 9.17) is 4.74 Å². The Morgan fingerprint density at radius 2 is 1.79 bits per heavy atom. The summed E-state index contributed by atoms with van der Waals surface area (Å²) in [7, 11) is 0. The fourth-order valence-corrected chi connectivity index (χ4v) is 2.27. The fraction of sp³-hybridized carbons (Fsp3) is 0.562. The molecule has 0 aromatic heterocycles. The van der Waals surface area contributed by atoms with Crippen LogP contribution < -0.4 is 5.32 Å². The highest BCUT2D eigenvalue weighted by Gasteiger charge is 2.29.